The van der Waals surface area contributed by atoms with Gasteiger partial charge < -0.3 is 16.0 Å². The minimum absolute atomic E-state index is 0.0867. The average Bonchev–Trinajstić information content (AvgIpc) is 2.84. The van der Waals surface area contributed by atoms with E-state index >= 15 is 0 Å². The van der Waals surface area contributed by atoms with Crippen molar-refractivity contribution in [2.75, 3.05) is 36.4 Å². The van der Waals surface area contributed by atoms with Gasteiger partial charge in [-0.2, -0.15) is 17.5 Å². The Hall–Kier alpha value is -2.86. The van der Waals surface area contributed by atoms with Gasteiger partial charge in [0.05, 0.1) is 10.5 Å². The van der Waals surface area contributed by atoms with Gasteiger partial charge in [-0.3, -0.25) is 4.79 Å². The maximum absolute atomic E-state index is 13.1. The zero-order valence-electron chi connectivity index (χ0n) is 19.0. The predicted molar refractivity (Wildman–Crippen MR) is 125 cm³/mol. The normalized spacial score (nSPS) is 19.0. The molecule has 0 unspecified atom stereocenters. The monoisotopic (exact) mass is 511 g/mol. The lowest BCUT2D eigenvalue weighted by atomic mass is 9.96. The molecular weight excluding hydrogens is 483 g/mol. The van der Waals surface area contributed by atoms with Crippen LogP contribution in [0, 0.1) is 5.92 Å². The van der Waals surface area contributed by atoms with Crippen LogP contribution in [-0.2, 0) is 21.0 Å². The van der Waals surface area contributed by atoms with Gasteiger partial charge >= 0.3 is 6.18 Å². The van der Waals surface area contributed by atoms with E-state index in [1.165, 1.54) is 10.4 Å². The van der Waals surface area contributed by atoms with Crippen molar-refractivity contribution in [2.24, 2.45) is 11.7 Å². The Morgan fingerprint density at radius 3 is 2.11 bits per heavy atom. The molecule has 2 saturated heterocycles. The molecule has 2 fully saturated rings. The topological polar surface area (TPSA) is 109 Å². The Morgan fingerprint density at radius 2 is 1.60 bits per heavy atom. The van der Waals surface area contributed by atoms with Gasteiger partial charge in [-0.15, -0.1) is 0 Å². The number of aromatic nitrogens is 1. The summed E-state index contributed by atoms with van der Waals surface area (Å²) in [5, 5.41) is 3.09. The van der Waals surface area contributed by atoms with Gasteiger partial charge in [0.25, 0.3) is 0 Å². The summed E-state index contributed by atoms with van der Waals surface area (Å²) >= 11 is 0. The number of pyridine rings is 1. The van der Waals surface area contributed by atoms with E-state index in [9.17, 15) is 26.4 Å². The van der Waals surface area contributed by atoms with Crippen LogP contribution in [0.15, 0.2) is 47.5 Å². The number of hydrogen-bond donors (Lipinski definition) is 2. The van der Waals surface area contributed by atoms with Crippen molar-refractivity contribution >= 4 is 27.4 Å². The molecule has 4 rings (SSSR count). The Balaban J connectivity index is 1.32. The van der Waals surface area contributed by atoms with E-state index in [0.29, 0.717) is 57.7 Å². The molecule has 1 aromatic heterocycles. The van der Waals surface area contributed by atoms with E-state index < -0.39 is 21.8 Å². The van der Waals surface area contributed by atoms with Crippen LogP contribution in [0.2, 0.25) is 0 Å². The molecule has 1 aromatic carbocycles. The number of nitrogens with zero attached hydrogens (tertiary/aromatic N) is 3. The van der Waals surface area contributed by atoms with Crippen LogP contribution >= 0.6 is 0 Å². The van der Waals surface area contributed by atoms with Crippen molar-refractivity contribution in [3.8, 4) is 0 Å². The summed E-state index contributed by atoms with van der Waals surface area (Å²) in [7, 11) is -3.66. The first-order valence-electron chi connectivity index (χ1n) is 11.5. The third kappa shape index (κ3) is 5.87. The molecule has 0 aliphatic carbocycles. The van der Waals surface area contributed by atoms with E-state index in [0.717, 1.165) is 18.0 Å². The van der Waals surface area contributed by atoms with Crippen LogP contribution in [0.4, 0.5) is 24.7 Å². The molecule has 0 bridgehead atoms. The summed E-state index contributed by atoms with van der Waals surface area (Å²) in [4.78, 5) is 17.5. The minimum atomic E-state index is -4.44. The molecule has 190 valence electrons. The fourth-order valence-electron chi connectivity index (χ4n) is 4.50. The first-order chi connectivity index (χ1) is 16.5. The number of rotatable bonds is 6. The van der Waals surface area contributed by atoms with Crippen molar-refractivity contribution in [3.05, 3.63) is 48.2 Å². The summed E-state index contributed by atoms with van der Waals surface area (Å²) < 4.78 is 65.7. The van der Waals surface area contributed by atoms with Crippen molar-refractivity contribution < 1.29 is 26.4 Å². The molecule has 1 amide bonds. The zero-order chi connectivity index (χ0) is 25.2. The Bertz CT molecular complexity index is 1120. The standard InChI is InChI=1S/C23H28F3N5O3S/c24-23(25,26)17-1-6-21(28-15-17)29-18-9-13-31(14-10-18)35(33,34)20-4-2-19(3-5-20)30-11-7-16(8-12-30)22(27)32/h1-6,15-16,18H,7-14H2,(H2,27,32)(H,28,29). The first-order valence-corrected chi connectivity index (χ1v) is 12.9. The van der Waals surface area contributed by atoms with Crippen LogP contribution < -0.4 is 16.0 Å². The van der Waals surface area contributed by atoms with E-state index in [2.05, 4.69) is 15.2 Å². The number of alkyl halides is 3. The summed E-state index contributed by atoms with van der Waals surface area (Å²) in [6, 6.07) is 8.92. The highest BCUT2D eigenvalue weighted by Crippen LogP contribution is 2.30. The number of carbonyl (C=O) groups excluding carboxylic acids is 1. The molecule has 8 nitrogen and oxygen atoms in total. The number of sulfonamides is 1. The van der Waals surface area contributed by atoms with E-state index in [-0.39, 0.29) is 22.8 Å². The summed E-state index contributed by atoms with van der Waals surface area (Å²) in [5.41, 5.74) is 5.47. The number of benzene rings is 1. The van der Waals surface area contributed by atoms with Crippen LogP contribution in [0.5, 0.6) is 0 Å². The minimum Gasteiger partial charge on any atom is -0.371 e. The number of amides is 1. The Morgan fingerprint density at radius 1 is 0.971 bits per heavy atom. The van der Waals surface area contributed by atoms with Crippen LogP contribution in [-0.4, -0.2) is 55.8 Å². The first kappa shape index (κ1) is 25.2. The largest absolute Gasteiger partial charge is 0.417 e. The third-order valence-corrected chi connectivity index (χ3v) is 8.55. The molecule has 0 atom stereocenters. The fraction of sp³-hybridized carbons (Fsp3) is 0.478. The van der Waals surface area contributed by atoms with Gasteiger partial charge in [0, 0.05) is 50.0 Å². The second-order valence-corrected chi connectivity index (χ2v) is 10.8. The number of anilines is 2. The molecule has 0 radical (unpaired) electrons. The number of piperidine rings is 2. The summed E-state index contributed by atoms with van der Waals surface area (Å²) in [6.45, 7) is 1.97. The zero-order valence-corrected chi connectivity index (χ0v) is 19.9. The van der Waals surface area contributed by atoms with Crippen LogP contribution in [0.3, 0.4) is 0 Å². The van der Waals surface area contributed by atoms with Crippen LogP contribution in [0.25, 0.3) is 0 Å². The van der Waals surface area contributed by atoms with Crippen molar-refractivity contribution in [1.29, 1.82) is 0 Å². The van der Waals surface area contributed by atoms with Gasteiger partial charge in [0.15, 0.2) is 0 Å². The van der Waals surface area contributed by atoms with Gasteiger partial charge in [0.2, 0.25) is 15.9 Å². The second kappa shape index (κ2) is 10.0. The Kier molecular flexibility index (Phi) is 7.22. The van der Waals surface area contributed by atoms with Gasteiger partial charge in [-0.25, -0.2) is 13.4 Å². The maximum Gasteiger partial charge on any atom is 0.417 e. The molecule has 2 aliphatic heterocycles. The van der Waals surface area contributed by atoms with Gasteiger partial charge in [-0.05, 0) is 62.1 Å². The number of carbonyl (C=O) groups is 1. The number of halogens is 3. The molecular formula is C23H28F3N5O3S. The molecule has 0 saturated carbocycles. The second-order valence-electron chi connectivity index (χ2n) is 8.91. The lowest BCUT2D eigenvalue weighted by molar-refractivity contribution is -0.137. The SMILES string of the molecule is NC(=O)C1CCN(c2ccc(S(=O)(=O)N3CCC(Nc4ccc(C(F)(F)F)cn4)CC3)cc2)CC1. The number of hydrogen-bond acceptors (Lipinski definition) is 6. The summed E-state index contributed by atoms with van der Waals surface area (Å²) in [6.07, 6.45) is -1.28. The lowest BCUT2D eigenvalue weighted by Gasteiger charge is -2.33. The smallest absolute Gasteiger partial charge is 0.371 e. The quantitative estimate of drug-likeness (QED) is 0.617. The number of nitrogens with one attached hydrogen (secondary N) is 1. The highest BCUT2D eigenvalue weighted by Gasteiger charge is 2.32. The molecule has 2 aromatic rings. The Labute approximate surface area is 202 Å². The molecule has 3 N–H and O–H groups in total. The van der Waals surface area contributed by atoms with Crippen LogP contribution in [0.1, 0.15) is 31.2 Å². The van der Waals surface area contributed by atoms with Crippen molar-refractivity contribution in [1.82, 2.24) is 9.29 Å². The van der Waals surface area contributed by atoms with E-state index in [1.54, 1.807) is 24.3 Å². The third-order valence-electron chi connectivity index (χ3n) is 6.63. The molecule has 3 heterocycles. The lowest BCUT2D eigenvalue weighted by Crippen LogP contribution is -2.42. The highest BCUT2D eigenvalue weighted by molar-refractivity contribution is 7.89. The predicted octanol–water partition coefficient (Wildman–Crippen LogP) is 3.07. The molecule has 2 aliphatic rings. The van der Waals surface area contributed by atoms with E-state index in [1.807, 2.05) is 0 Å². The molecule has 0 spiro atoms. The highest BCUT2D eigenvalue weighted by atomic mass is 32.2. The molecule has 12 heteroatoms. The van der Waals surface area contributed by atoms with Crippen molar-refractivity contribution in [2.45, 2.75) is 42.8 Å². The number of primary amides is 1. The van der Waals surface area contributed by atoms with Gasteiger partial charge in [0.1, 0.15) is 5.82 Å². The maximum atomic E-state index is 13.1. The van der Waals surface area contributed by atoms with Crippen molar-refractivity contribution in [3.63, 3.8) is 0 Å². The fourth-order valence-corrected chi connectivity index (χ4v) is 5.97. The molecule has 35 heavy (non-hydrogen) atoms. The van der Waals surface area contributed by atoms with E-state index in [4.69, 9.17) is 5.73 Å². The summed E-state index contributed by atoms with van der Waals surface area (Å²) in [5.74, 6) is -0.0613. The average molecular weight is 512 g/mol. The number of nitrogens with two attached hydrogens (primary N) is 1. The van der Waals surface area contributed by atoms with Gasteiger partial charge in [-0.1, -0.05) is 0 Å².